The van der Waals surface area contributed by atoms with Crippen LogP contribution in [0.25, 0.3) is 0 Å². The van der Waals surface area contributed by atoms with Crippen LogP contribution < -0.4 is 10.6 Å². The monoisotopic (exact) mass is 665 g/mol. The van der Waals surface area contributed by atoms with Crippen LogP contribution in [0.15, 0.2) is 67.4 Å². The molecule has 1 aromatic carbocycles. The smallest absolute Gasteiger partial charge is 0.249 e. The molecule has 1 fully saturated rings. The Labute approximate surface area is 277 Å². The molecule has 4 N–H and O–H groups in total. The molecule has 4 atom stereocenters. The molecule has 4 rings (SSSR count). The Hall–Kier alpha value is -3.90. The van der Waals surface area contributed by atoms with E-state index in [9.17, 15) is 27.9 Å². The summed E-state index contributed by atoms with van der Waals surface area (Å²) in [7, 11) is -3.70. The first kappa shape index (κ1) is 35.9. The van der Waals surface area contributed by atoms with Gasteiger partial charge in [-0.1, -0.05) is 62.4 Å². The lowest BCUT2D eigenvalue weighted by Crippen LogP contribution is -2.51. The van der Waals surface area contributed by atoms with Gasteiger partial charge in [-0.05, 0) is 57.2 Å². The van der Waals surface area contributed by atoms with Crippen molar-refractivity contribution >= 4 is 27.4 Å². The highest BCUT2D eigenvalue weighted by molar-refractivity contribution is 7.92. The number of hydrogen-bond donors (Lipinski definition) is 4. The number of carbonyl (C=O) groups excluding carboxylic acids is 3. The number of amides is 2. The highest BCUT2D eigenvalue weighted by Gasteiger charge is 2.37. The van der Waals surface area contributed by atoms with Crippen LogP contribution in [0.1, 0.15) is 93.4 Å². The minimum atomic E-state index is -3.70. The number of nitrogens with zero attached hydrogens (tertiary/aromatic N) is 2. The van der Waals surface area contributed by atoms with Gasteiger partial charge in [-0.2, -0.15) is 0 Å². The summed E-state index contributed by atoms with van der Waals surface area (Å²) < 4.78 is 25.5. The van der Waals surface area contributed by atoms with Gasteiger partial charge in [0.05, 0.1) is 46.8 Å². The molecule has 1 saturated carbocycles. The number of pyridine rings is 1. The number of aromatic amines is 1. The summed E-state index contributed by atoms with van der Waals surface area (Å²) in [6, 6.07) is 10.3. The van der Waals surface area contributed by atoms with Crippen LogP contribution in [0.5, 0.6) is 0 Å². The normalized spacial score (nSPS) is 16.9. The average Bonchev–Trinajstić information content (AvgIpc) is 3.58. The predicted molar refractivity (Wildman–Crippen MR) is 179 cm³/mol. The number of rotatable bonds is 15. The fraction of sp³-hybridized carbons (Fsp3) is 0.514. The van der Waals surface area contributed by atoms with Gasteiger partial charge in [0.2, 0.25) is 11.8 Å². The van der Waals surface area contributed by atoms with Crippen LogP contribution in [0.3, 0.4) is 0 Å². The molecule has 2 amide bonds. The van der Waals surface area contributed by atoms with Crippen molar-refractivity contribution in [3.8, 4) is 0 Å². The summed E-state index contributed by atoms with van der Waals surface area (Å²) in [6.07, 6.45) is 10.2. The minimum Gasteiger partial charge on any atom is -0.391 e. The minimum absolute atomic E-state index is 0.152. The maximum absolute atomic E-state index is 14.0. The number of carbonyl (C=O) groups is 3. The van der Waals surface area contributed by atoms with E-state index in [-0.39, 0.29) is 24.5 Å². The fourth-order valence-electron chi connectivity index (χ4n) is 5.96. The maximum atomic E-state index is 14.0. The average molecular weight is 666 g/mol. The van der Waals surface area contributed by atoms with E-state index >= 15 is 0 Å². The Morgan fingerprint density at radius 2 is 1.64 bits per heavy atom. The van der Waals surface area contributed by atoms with Gasteiger partial charge in [-0.15, -0.1) is 0 Å². The first-order valence-corrected chi connectivity index (χ1v) is 18.0. The second-order valence-corrected chi connectivity index (χ2v) is 16.3. The topological polar surface area (TPSA) is 171 Å². The first-order chi connectivity index (χ1) is 22.3. The summed E-state index contributed by atoms with van der Waals surface area (Å²) in [6.45, 7) is 4.79. The van der Waals surface area contributed by atoms with Gasteiger partial charge in [-0.3, -0.25) is 19.4 Å². The zero-order chi connectivity index (χ0) is 34.0. The standard InChI is InChI=1S/C35H47N5O6S/c1-35(2,3)47(45,46)22-27(18-24-10-6-4-7-11-24)33(43)40-32(29-21-37-23-38-29)34(44)39-28(19-25-12-8-5-9-13-25)31(42)20-30(41)26-14-16-36-17-15-26/h4,6-7,10-11,14-17,21,23,25,27-28,31-32,42H,5,8-9,12-13,18-20,22H2,1-3H3,(H,37,38)(H,39,44)(H,40,43)/t27?,28-,31-,32-/m0/s1. The number of benzene rings is 1. The Kier molecular flexibility index (Phi) is 12.4. The van der Waals surface area contributed by atoms with Gasteiger partial charge in [0, 0.05) is 24.4 Å². The molecule has 1 unspecified atom stereocenters. The molecule has 11 nitrogen and oxygen atoms in total. The van der Waals surface area contributed by atoms with E-state index in [4.69, 9.17) is 0 Å². The largest absolute Gasteiger partial charge is 0.391 e. The molecule has 0 spiro atoms. The number of aliphatic hydroxyl groups excluding tert-OH is 1. The van der Waals surface area contributed by atoms with E-state index < -0.39 is 56.3 Å². The van der Waals surface area contributed by atoms with Crippen LogP contribution in [0, 0.1) is 11.8 Å². The number of H-pyrrole nitrogens is 1. The molecule has 0 radical (unpaired) electrons. The Morgan fingerprint density at radius 3 is 2.26 bits per heavy atom. The molecular weight excluding hydrogens is 618 g/mol. The summed E-state index contributed by atoms with van der Waals surface area (Å²) in [5, 5.41) is 17.1. The number of sulfone groups is 1. The van der Waals surface area contributed by atoms with E-state index in [0.29, 0.717) is 17.7 Å². The van der Waals surface area contributed by atoms with Gasteiger partial charge < -0.3 is 20.7 Å². The molecule has 0 saturated heterocycles. The lowest BCUT2D eigenvalue weighted by atomic mass is 9.83. The lowest BCUT2D eigenvalue weighted by molar-refractivity contribution is -0.131. The Balaban J connectivity index is 1.57. The highest BCUT2D eigenvalue weighted by Crippen LogP contribution is 2.29. The maximum Gasteiger partial charge on any atom is 0.249 e. The van der Waals surface area contributed by atoms with E-state index in [2.05, 4.69) is 25.6 Å². The van der Waals surface area contributed by atoms with Gasteiger partial charge in [0.25, 0.3) is 0 Å². The van der Waals surface area contributed by atoms with Crippen LogP contribution in [-0.2, 0) is 25.8 Å². The number of hydrogen-bond acceptors (Lipinski definition) is 8. The number of aliphatic hydroxyl groups is 1. The summed E-state index contributed by atoms with van der Waals surface area (Å²) >= 11 is 0. The zero-order valence-electron chi connectivity index (χ0n) is 27.4. The van der Waals surface area contributed by atoms with Crippen LogP contribution in [-0.4, -0.2) is 68.7 Å². The van der Waals surface area contributed by atoms with Crippen molar-refractivity contribution < 1.29 is 27.9 Å². The van der Waals surface area contributed by atoms with Crippen molar-refractivity contribution in [2.75, 3.05) is 5.75 Å². The van der Waals surface area contributed by atoms with Crippen LogP contribution in [0.4, 0.5) is 0 Å². The molecular formula is C35H47N5O6S. The van der Waals surface area contributed by atoms with E-state index in [1.54, 1.807) is 32.9 Å². The fourth-order valence-corrected chi connectivity index (χ4v) is 7.26. The molecule has 3 aromatic rings. The lowest BCUT2D eigenvalue weighted by Gasteiger charge is -2.31. The zero-order valence-corrected chi connectivity index (χ0v) is 28.2. The third-order valence-corrected chi connectivity index (χ3v) is 11.6. The van der Waals surface area contributed by atoms with Crippen molar-refractivity contribution in [2.45, 2.75) is 95.1 Å². The number of aromatic nitrogens is 3. The number of ketones is 1. The first-order valence-electron chi connectivity index (χ1n) is 16.3. The van der Waals surface area contributed by atoms with Crippen molar-refractivity contribution in [1.29, 1.82) is 0 Å². The second-order valence-electron chi connectivity index (χ2n) is 13.5. The number of imidazole rings is 1. The Morgan fingerprint density at radius 1 is 0.957 bits per heavy atom. The second kappa shape index (κ2) is 16.3. The molecule has 0 bridgehead atoms. The van der Waals surface area contributed by atoms with Gasteiger partial charge in [0.15, 0.2) is 15.6 Å². The Bertz CT molecular complexity index is 1550. The molecule has 1 aliphatic rings. The number of Topliss-reactive ketones (excluding diaryl/α,β-unsaturated/α-hetero) is 1. The third-order valence-electron chi connectivity index (χ3n) is 8.93. The predicted octanol–water partition coefficient (Wildman–Crippen LogP) is 4.12. The van der Waals surface area contributed by atoms with Gasteiger partial charge in [-0.25, -0.2) is 13.4 Å². The quantitative estimate of drug-likeness (QED) is 0.176. The van der Waals surface area contributed by atoms with Gasteiger partial charge >= 0.3 is 0 Å². The van der Waals surface area contributed by atoms with Crippen LogP contribution >= 0.6 is 0 Å². The third kappa shape index (κ3) is 10.3. The SMILES string of the molecule is CC(C)(C)S(=O)(=O)CC(Cc1ccccc1)C(=O)N[C@H](C(=O)N[C@@H](CC1CCCCC1)[C@@H](O)CC(=O)c1ccncc1)c1cnc[nH]1. The van der Waals surface area contributed by atoms with Crippen molar-refractivity contribution in [3.05, 3.63) is 84.2 Å². The van der Waals surface area contributed by atoms with E-state index in [1.165, 1.54) is 24.9 Å². The number of nitrogens with one attached hydrogen (secondary N) is 3. The molecule has 47 heavy (non-hydrogen) atoms. The molecule has 0 aliphatic heterocycles. The van der Waals surface area contributed by atoms with Crippen molar-refractivity contribution in [2.24, 2.45) is 11.8 Å². The molecule has 1 aliphatic carbocycles. The molecule has 2 aromatic heterocycles. The highest BCUT2D eigenvalue weighted by atomic mass is 32.2. The van der Waals surface area contributed by atoms with Crippen molar-refractivity contribution in [3.63, 3.8) is 0 Å². The van der Waals surface area contributed by atoms with Crippen molar-refractivity contribution in [1.82, 2.24) is 25.6 Å². The van der Waals surface area contributed by atoms with E-state index in [0.717, 1.165) is 37.7 Å². The van der Waals surface area contributed by atoms with Crippen LogP contribution in [0.2, 0.25) is 0 Å². The summed E-state index contributed by atoms with van der Waals surface area (Å²) in [4.78, 5) is 51.8. The summed E-state index contributed by atoms with van der Waals surface area (Å²) in [5.74, 6) is -2.61. The molecule has 2 heterocycles. The summed E-state index contributed by atoms with van der Waals surface area (Å²) in [5.41, 5.74) is 1.50. The van der Waals surface area contributed by atoms with Gasteiger partial charge in [0.1, 0.15) is 6.04 Å². The van der Waals surface area contributed by atoms with E-state index in [1.807, 2.05) is 30.3 Å². The molecule has 12 heteroatoms. The molecule has 254 valence electrons.